The van der Waals surface area contributed by atoms with E-state index in [9.17, 15) is 4.79 Å². The molecule has 2 aromatic heterocycles. The predicted molar refractivity (Wildman–Crippen MR) is 53.9 cm³/mol. The average molecular weight is 274 g/mol. The molecule has 3 nitrogen and oxygen atoms in total. The number of aromatic amines is 1. The van der Waals surface area contributed by atoms with Crippen molar-refractivity contribution in [1.29, 1.82) is 0 Å². The first-order valence-electron chi connectivity index (χ1n) is 4.30. The van der Waals surface area contributed by atoms with Crippen LogP contribution in [0.25, 0.3) is 11.3 Å². The van der Waals surface area contributed by atoms with Crippen molar-refractivity contribution in [2.75, 3.05) is 0 Å². The molecule has 2 rings (SSSR count). The number of hydrogen-bond donors (Lipinski definition) is 1. The minimum absolute atomic E-state index is 0. The van der Waals surface area contributed by atoms with Crippen molar-refractivity contribution in [3.63, 3.8) is 0 Å². The van der Waals surface area contributed by atoms with Crippen molar-refractivity contribution in [3.05, 3.63) is 52.6 Å². The standard InChI is InChI=1S/C11H9N2O.Y/c1-8-4-5-10(13-7-8)9-3-2-6-12-11(9)14;/h2-3,5-7H,1H3,(H,12,14);/q-1;. The topological polar surface area (TPSA) is 45.8 Å². The van der Waals surface area contributed by atoms with Crippen LogP contribution < -0.4 is 5.56 Å². The van der Waals surface area contributed by atoms with Gasteiger partial charge in [0.05, 0.1) is 0 Å². The van der Waals surface area contributed by atoms with Crippen LogP contribution in [-0.4, -0.2) is 9.97 Å². The Morgan fingerprint density at radius 2 is 2.27 bits per heavy atom. The van der Waals surface area contributed by atoms with Crippen LogP contribution in [-0.2, 0) is 32.7 Å². The summed E-state index contributed by atoms with van der Waals surface area (Å²) in [5, 5.41) is 0. The monoisotopic (exact) mass is 274 g/mol. The maximum atomic E-state index is 11.4. The van der Waals surface area contributed by atoms with Gasteiger partial charge in [-0.15, -0.1) is 5.56 Å². The molecule has 0 aliphatic heterocycles. The molecule has 0 aromatic carbocycles. The first kappa shape index (κ1) is 12.3. The summed E-state index contributed by atoms with van der Waals surface area (Å²) in [4.78, 5) is 18.2. The largest absolute Gasteiger partial charge is 0.382 e. The summed E-state index contributed by atoms with van der Waals surface area (Å²) in [7, 11) is 0. The summed E-state index contributed by atoms with van der Waals surface area (Å²) in [6.07, 6.45) is 3.30. The molecule has 0 atom stereocenters. The summed E-state index contributed by atoms with van der Waals surface area (Å²) < 4.78 is 0. The molecule has 0 unspecified atom stereocenters. The third-order valence-electron chi connectivity index (χ3n) is 1.93. The zero-order chi connectivity index (χ0) is 9.97. The summed E-state index contributed by atoms with van der Waals surface area (Å²) in [5.41, 5.74) is 2.06. The number of nitrogens with zero attached hydrogens (tertiary/aromatic N) is 1. The molecule has 4 heteroatoms. The quantitative estimate of drug-likeness (QED) is 0.802. The van der Waals surface area contributed by atoms with Gasteiger partial charge in [0.1, 0.15) is 0 Å². The van der Waals surface area contributed by atoms with E-state index in [4.69, 9.17) is 0 Å². The van der Waals surface area contributed by atoms with Gasteiger partial charge in [-0.2, -0.15) is 12.1 Å². The Labute approximate surface area is 113 Å². The zero-order valence-corrected chi connectivity index (χ0v) is 11.2. The third kappa shape index (κ3) is 2.83. The first-order chi connectivity index (χ1) is 6.77. The molecule has 1 radical (unpaired) electrons. The van der Waals surface area contributed by atoms with Gasteiger partial charge in [0.15, 0.2) is 0 Å². The normalized spacial score (nSPS) is 9.40. The third-order valence-corrected chi connectivity index (χ3v) is 1.93. The van der Waals surface area contributed by atoms with Crippen molar-refractivity contribution in [2.24, 2.45) is 0 Å². The van der Waals surface area contributed by atoms with Crippen LogP contribution in [0.4, 0.5) is 0 Å². The SMILES string of the molecule is Cc1[c-]cc(-c2ccc[nH]c2=O)nc1.[Y]. The summed E-state index contributed by atoms with van der Waals surface area (Å²) >= 11 is 0. The van der Waals surface area contributed by atoms with E-state index >= 15 is 0 Å². The van der Waals surface area contributed by atoms with E-state index in [0.29, 0.717) is 11.3 Å². The van der Waals surface area contributed by atoms with Crippen molar-refractivity contribution < 1.29 is 32.7 Å². The molecule has 0 amide bonds. The zero-order valence-electron chi connectivity index (χ0n) is 8.32. The predicted octanol–water partition coefficient (Wildman–Crippen LogP) is 1.54. The Hall–Kier alpha value is -0.796. The van der Waals surface area contributed by atoms with Crippen LogP contribution >= 0.6 is 0 Å². The van der Waals surface area contributed by atoms with E-state index < -0.39 is 0 Å². The van der Waals surface area contributed by atoms with Crippen LogP contribution in [0.3, 0.4) is 0 Å². The van der Waals surface area contributed by atoms with Crippen LogP contribution in [0.2, 0.25) is 0 Å². The number of pyridine rings is 2. The fourth-order valence-corrected chi connectivity index (χ4v) is 1.19. The van der Waals surface area contributed by atoms with Gasteiger partial charge < -0.3 is 9.97 Å². The number of nitrogens with one attached hydrogen (secondary N) is 1. The molecule has 0 saturated carbocycles. The van der Waals surface area contributed by atoms with Gasteiger partial charge in [-0.3, -0.25) is 4.79 Å². The minimum Gasteiger partial charge on any atom is -0.382 e. The molecule has 0 fully saturated rings. The second-order valence-corrected chi connectivity index (χ2v) is 3.03. The van der Waals surface area contributed by atoms with E-state index in [-0.39, 0.29) is 38.3 Å². The molecule has 0 bridgehead atoms. The number of hydrogen-bond acceptors (Lipinski definition) is 2. The molecule has 0 aliphatic carbocycles. The second-order valence-electron chi connectivity index (χ2n) is 3.03. The molecular weight excluding hydrogens is 265 g/mol. The summed E-state index contributed by atoms with van der Waals surface area (Å²) in [5.74, 6) is 0. The van der Waals surface area contributed by atoms with Crippen LogP contribution in [0.1, 0.15) is 5.56 Å². The van der Waals surface area contributed by atoms with E-state index in [1.807, 2.05) is 6.92 Å². The molecule has 2 aromatic rings. The van der Waals surface area contributed by atoms with Crippen LogP contribution in [0.15, 0.2) is 35.4 Å². The Morgan fingerprint density at radius 1 is 1.47 bits per heavy atom. The number of H-pyrrole nitrogens is 1. The Balaban J connectivity index is 0.00000112. The fourth-order valence-electron chi connectivity index (χ4n) is 1.19. The van der Waals surface area contributed by atoms with Gasteiger partial charge in [0, 0.05) is 44.5 Å². The van der Waals surface area contributed by atoms with Crippen molar-refractivity contribution >= 4 is 0 Å². The smallest absolute Gasteiger partial charge is 0.244 e. The second kappa shape index (κ2) is 5.33. The van der Waals surface area contributed by atoms with Gasteiger partial charge in [0.25, 0.3) is 0 Å². The van der Waals surface area contributed by atoms with Crippen molar-refractivity contribution in [1.82, 2.24) is 9.97 Å². The van der Waals surface area contributed by atoms with Crippen molar-refractivity contribution in [3.8, 4) is 11.3 Å². The van der Waals surface area contributed by atoms with Gasteiger partial charge in [-0.1, -0.05) is 19.2 Å². The first-order valence-corrected chi connectivity index (χ1v) is 4.30. The Bertz CT molecular complexity index is 490. The maximum Gasteiger partial charge on any atom is 0.244 e. The van der Waals surface area contributed by atoms with E-state index in [1.165, 1.54) is 0 Å². The maximum absolute atomic E-state index is 11.4. The van der Waals surface area contributed by atoms with E-state index in [1.54, 1.807) is 30.6 Å². The summed E-state index contributed by atoms with van der Waals surface area (Å²) in [6.45, 7) is 1.91. The van der Waals surface area contributed by atoms with Gasteiger partial charge in [0.2, 0.25) is 5.56 Å². The van der Waals surface area contributed by atoms with Gasteiger partial charge in [-0.25, -0.2) is 0 Å². The van der Waals surface area contributed by atoms with Gasteiger partial charge in [-0.05, 0) is 11.8 Å². The summed E-state index contributed by atoms with van der Waals surface area (Å²) in [6, 6.07) is 8.25. The Morgan fingerprint density at radius 3 is 2.87 bits per heavy atom. The molecule has 0 saturated heterocycles. The van der Waals surface area contributed by atoms with Crippen LogP contribution in [0.5, 0.6) is 0 Å². The van der Waals surface area contributed by atoms with E-state index in [0.717, 1.165) is 5.56 Å². The minimum atomic E-state index is -0.128. The van der Waals surface area contributed by atoms with Crippen LogP contribution in [0, 0.1) is 13.0 Å². The molecule has 1 N–H and O–H groups in total. The number of aromatic nitrogens is 2. The number of rotatable bonds is 1. The molecule has 15 heavy (non-hydrogen) atoms. The molecular formula is C11H9N2OY-. The van der Waals surface area contributed by atoms with E-state index in [2.05, 4.69) is 16.0 Å². The molecule has 2 heterocycles. The fraction of sp³-hybridized carbons (Fsp3) is 0.0909. The molecule has 0 aliphatic rings. The Kier molecular flexibility index (Phi) is 4.36. The molecule has 0 spiro atoms. The average Bonchev–Trinajstić information content (AvgIpc) is 2.20. The molecule has 73 valence electrons. The van der Waals surface area contributed by atoms with Gasteiger partial charge >= 0.3 is 0 Å². The number of aryl methyl sites for hydroxylation is 1. The van der Waals surface area contributed by atoms with Crippen molar-refractivity contribution in [2.45, 2.75) is 6.92 Å².